The zero-order valence-corrected chi connectivity index (χ0v) is 21.8. The van der Waals surface area contributed by atoms with Crippen molar-refractivity contribution in [3.63, 3.8) is 0 Å². The van der Waals surface area contributed by atoms with Crippen LogP contribution in [0.25, 0.3) is 11.1 Å². The zero-order valence-electron chi connectivity index (χ0n) is 21.1. The molecule has 13 heteroatoms. The predicted molar refractivity (Wildman–Crippen MR) is 143 cm³/mol. The van der Waals surface area contributed by atoms with Gasteiger partial charge in [0.2, 0.25) is 5.91 Å². The minimum atomic E-state index is -1.32. The zero-order chi connectivity index (χ0) is 28.4. The van der Waals surface area contributed by atoms with Crippen molar-refractivity contribution in [1.29, 1.82) is 0 Å². The van der Waals surface area contributed by atoms with E-state index in [1.54, 1.807) is 24.3 Å². The van der Waals surface area contributed by atoms with Crippen LogP contribution in [0.1, 0.15) is 41.7 Å². The first kappa shape index (κ1) is 29.7. The van der Waals surface area contributed by atoms with Crippen molar-refractivity contribution < 1.29 is 23.9 Å². The Morgan fingerprint density at radius 3 is 2.49 bits per heavy atom. The van der Waals surface area contributed by atoms with Gasteiger partial charge in [0.05, 0.1) is 12.2 Å². The summed E-state index contributed by atoms with van der Waals surface area (Å²) in [5.74, 6) is -2.84. The van der Waals surface area contributed by atoms with Gasteiger partial charge in [-0.05, 0) is 61.6 Å². The molecule has 0 unspecified atom stereocenters. The maximum atomic E-state index is 14.3. The Bertz CT molecular complexity index is 1260. The second-order valence-corrected chi connectivity index (χ2v) is 9.53. The molecule has 2 aromatic carbocycles. The number of halogens is 2. The molecule has 1 heterocycles. The standard InChI is InChI=1S/C26H31ClFN7O4/c27-17-8-9-20(28)19(12-17)16-6-4-15(5-7-16)11-18(32-25(37)23-14-31-35-34-23)13-22(26(38)39)33-24(36)21(30)3-1-2-10-29/h4-9,12,14,18,21-22H,1-3,10-11,13,29-30H2,(H,32,37)(H,33,36)(H,38,39)(H,31,34,35)/t18-,21+,22-/m1/s1. The normalized spacial score (nSPS) is 13.3. The van der Waals surface area contributed by atoms with E-state index in [-0.39, 0.29) is 18.5 Å². The van der Waals surface area contributed by atoms with Gasteiger partial charge < -0.3 is 27.2 Å². The fourth-order valence-electron chi connectivity index (χ4n) is 4.01. The van der Waals surface area contributed by atoms with Crippen molar-refractivity contribution in [2.75, 3.05) is 6.54 Å². The van der Waals surface area contributed by atoms with Gasteiger partial charge in [-0.1, -0.05) is 47.5 Å². The van der Waals surface area contributed by atoms with E-state index in [1.165, 1.54) is 24.4 Å². The van der Waals surface area contributed by atoms with E-state index < -0.39 is 41.7 Å². The monoisotopic (exact) mass is 559 g/mol. The number of benzene rings is 2. The maximum absolute atomic E-state index is 14.3. The van der Waals surface area contributed by atoms with Crippen LogP contribution in [0.2, 0.25) is 5.02 Å². The molecular formula is C26H31ClFN7O4. The molecule has 0 bridgehead atoms. The molecule has 0 fully saturated rings. The third-order valence-electron chi connectivity index (χ3n) is 6.11. The number of amides is 2. The van der Waals surface area contributed by atoms with Gasteiger partial charge in [-0.25, -0.2) is 9.18 Å². The van der Waals surface area contributed by atoms with Crippen LogP contribution in [-0.2, 0) is 16.0 Å². The Kier molecular flexibility index (Phi) is 10.9. The molecule has 0 aliphatic rings. The molecule has 0 saturated carbocycles. The first-order chi connectivity index (χ1) is 18.7. The van der Waals surface area contributed by atoms with Gasteiger partial charge in [0.15, 0.2) is 0 Å². The summed E-state index contributed by atoms with van der Waals surface area (Å²) in [7, 11) is 0. The second kappa shape index (κ2) is 14.3. The highest BCUT2D eigenvalue weighted by Gasteiger charge is 2.28. The van der Waals surface area contributed by atoms with Crippen LogP contribution < -0.4 is 22.1 Å². The number of aromatic nitrogens is 3. The van der Waals surface area contributed by atoms with Crippen LogP contribution in [0.3, 0.4) is 0 Å². The quantitative estimate of drug-likeness (QED) is 0.162. The lowest BCUT2D eigenvalue weighted by Crippen LogP contribution is -2.51. The van der Waals surface area contributed by atoms with Gasteiger partial charge in [0, 0.05) is 16.6 Å². The van der Waals surface area contributed by atoms with Crippen molar-refractivity contribution >= 4 is 29.4 Å². The number of carboxylic acids is 1. The first-order valence-corrected chi connectivity index (χ1v) is 12.8. The SMILES string of the molecule is NCCCC[C@H](N)C(=O)N[C@H](C[C@@H](Cc1ccc(-c2cc(Cl)ccc2F)cc1)NC(=O)c1cnn[nH]1)C(=O)O. The second-order valence-electron chi connectivity index (χ2n) is 9.09. The van der Waals surface area contributed by atoms with Crippen molar-refractivity contribution in [3.8, 4) is 11.1 Å². The molecule has 3 rings (SSSR count). The fourth-order valence-corrected chi connectivity index (χ4v) is 4.18. The van der Waals surface area contributed by atoms with Gasteiger partial charge in [0.1, 0.15) is 17.6 Å². The Labute approximate surface area is 229 Å². The van der Waals surface area contributed by atoms with E-state index in [2.05, 4.69) is 26.0 Å². The average molecular weight is 560 g/mol. The third kappa shape index (κ3) is 8.84. The minimum absolute atomic E-state index is 0.0876. The van der Waals surface area contributed by atoms with Crippen molar-refractivity contribution in [2.24, 2.45) is 11.5 Å². The number of carbonyl (C=O) groups is 3. The molecule has 0 spiro atoms. The highest BCUT2D eigenvalue weighted by atomic mass is 35.5. The third-order valence-corrected chi connectivity index (χ3v) is 6.35. The summed E-state index contributed by atoms with van der Waals surface area (Å²) in [4.78, 5) is 37.3. The molecule has 0 radical (unpaired) electrons. The molecule has 208 valence electrons. The summed E-state index contributed by atoms with van der Waals surface area (Å²) >= 11 is 6.01. The fraction of sp³-hybridized carbons (Fsp3) is 0.346. The molecule has 0 saturated heterocycles. The summed E-state index contributed by atoms with van der Waals surface area (Å²) in [6.45, 7) is 0.467. The maximum Gasteiger partial charge on any atom is 0.326 e. The van der Waals surface area contributed by atoms with Crippen LogP contribution in [0.15, 0.2) is 48.7 Å². The smallest absolute Gasteiger partial charge is 0.326 e. The number of hydrogen-bond donors (Lipinski definition) is 6. The van der Waals surface area contributed by atoms with E-state index in [4.69, 9.17) is 23.1 Å². The number of nitrogens with two attached hydrogens (primary N) is 2. The lowest BCUT2D eigenvalue weighted by atomic mass is 9.96. The van der Waals surface area contributed by atoms with Crippen LogP contribution in [0.5, 0.6) is 0 Å². The van der Waals surface area contributed by atoms with Gasteiger partial charge in [-0.2, -0.15) is 0 Å². The topological polar surface area (TPSA) is 189 Å². The molecule has 0 aliphatic heterocycles. The Morgan fingerprint density at radius 1 is 1.10 bits per heavy atom. The molecular weight excluding hydrogens is 529 g/mol. The molecule has 8 N–H and O–H groups in total. The van der Waals surface area contributed by atoms with Gasteiger partial charge in [-0.3, -0.25) is 14.7 Å². The van der Waals surface area contributed by atoms with Crippen molar-refractivity contribution in [2.45, 2.75) is 50.2 Å². The number of unbranched alkanes of at least 4 members (excludes halogenated alkanes) is 1. The van der Waals surface area contributed by atoms with Crippen LogP contribution in [0.4, 0.5) is 4.39 Å². The highest BCUT2D eigenvalue weighted by Crippen LogP contribution is 2.26. The van der Waals surface area contributed by atoms with E-state index in [9.17, 15) is 23.9 Å². The number of hydrogen-bond acceptors (Lipinski definition) is 7. The largest absolute Gasteiger partial charge is 0.480 e. The number of nitrogens with zero attached hydrogens (tertiary/aromatic N) is 2. The van der Waals surface area contributed by atoms with Gasteiger partial charge in [0.25, 0.3) is 5.91 Å². The number of rotatable bonds is 14. The van der Waals surface area contributed by atoms with E-state index >= 15 is 0 Å². The number of carboxylic acid groups (broad SMARTS) is 1. The van der Waals surface area contributed by atoms with Crippen LogP contribution in [-0.4, -0.2) is 63.0 Å². The molecule has 3 atom stereocenters. The van der Waals surface area contributed by atoms with Gasteiger partial charge >= 0.3 is 5.97 Å². The Morgan fingerprint density at radius 2 is 1.85 bits per heavy atom. The number of H-pyrrole nitrogens is 1. The first-order valence-electron chi connectivity index (χ1n) is 12.4. The molecule has 3 aromatic rings. The van der Waals surface area contributed by atoms with E-state index in [1.807, 2.05) is 0 Å². The molecule has 2 amide bonds. The van der Waals surface area contributed by atoms with Crippen LogP contribution >= 0.6 is 11.6 Å². The molecule has 39 heavy (non-hydrogen) atoms. The summed E-state index contributed by atoms with van der Waals surface area (Å²) < 4.78 is 14.3. The number of aliphatic carboxylic acids is 1. The summed E-state index contributed by atoms with van der Waals surface area (Å²) in [6.07, 6.45) is 3.01. The molecule has 11 nitrogen and oxygen atoms in total. The lowest BCUT2D eigenvalue weighted by Gasteiger charge is -2.24. The summed E-state index contributed by atoms with van der Waals surface area (Å²) in [5.41, 5.74) is 13.1. The number of carbonyl (C=O) groups excluding carboxylic acids is 2. The summed E-state index contributed by atoms with van der Waals surface area (Å²) in [5, 5.41) is 25.0. The Balaban J connectivity index is 1.76. The van der Waals surface area contributed by atoms with E-state index in [0.717, 1.165) is 5.56 Å². The predicted octanol–water partition coefficient (Wildman–Crippen LogP) is 2.02. The lowest BCUT2D eigenvalue weighted by molar-refractivity contribution is -0.142. The van der Waals surface area contributed by atoms with E-state index in [0.29, 0.717) is 42.0 Å². The summed E-state index contributed by atoms with van der Waals surface area (Å²) in [6, 6.07) is 8.25. The molecule has 0 aliphatic carbocycles. The minimum Gasteiger partial charge on any atom is -0.480 e. The van der Waals surface area contributed by atoms with Gasteiger partial charge in [-0.15, -0.1) is 5.10 Å². The number of nitrogens with one attached hydrogen (secondary N) is 3. The average Bonchev–Trinajstić information content (AvgIpc) is 3.45. The van der Waals surface area contributed by atoms with Crippen LogP contribution in [0, 0.1) is 5.82 Å². The molecule has 1 aromatic heterocycles. The Hall–Kier alpha value is -3.87. The van der Waals surface area contributed by atoms with Crippen molar-refractivity contribution in [3.05, 3.63) is 70.8 Å². The number of aromatic amines is 1. The highest BCUT2D eigenvalue weighted by molar-refractivity contribution is 6.30. The van der Waals surface area contributed by atoms with Crippen molar-refractivity contribution in [1.82, 2.24) is 26.0 Å².